The molecule has 1 aromatic carbocycles. The molecule has 2 aromatic rings. The summed E-state index contributed by atoms with van der Waals surface area (Å²) in [7, 11) is -3.17. The number of sulfonamides is 1. The van der Waals surface area contributed by atoms with Crippen LogP contribution in [0.2, 0.25) is 0 Å². The molecule has 1 N–H and O–H groups in total. The van der Waals surface area contributed by atoms with Crippen molar-refractivity contribution in [3.05, 3.63) is 54.2 Å². The number of hydrogen-bond donors (Lipinski definition) is 1. The molecular weight excluding hydrogens is 382 g/mol. The smallest absolute Gasteiger partial charge is 0.227 e. The number of pyridine rings is 1. The van der Waals surface area contributed by atoms with E-state index in [1.807, 2.05) is 42.5 Å². The molecule has 144 valence electrons. The Morgan fingerprint density at radius 1 is 1.22 bits per heavy atom. The van der Waals surface area contributed by atoms with Crippen molar-refractivity contribution >= 4 is 33.4 Å². The monoisotopic (exact) mass is 405 g/mol. The van der Waals surface area contributed by atoms with Crippen molar-refractivity contribution in [3.63, 3.8) is 0 Å². The van der Waals surface area contributed by atoms with Crippen LogP contribution < -0.4 is 5.32 Å². The van der Waals surface area contributed by atoms with Gasteiger partial charge in [0.25, 0.3) is 0 Å². The van der Waals surface area contributed by atoms with Gasteiger partial charge >= 0.3 is 0 Å². The summed E-state index contributed by atoms with van der Waals surface area (Å²) in [4.78, 5) is 16.8. The summed E-state index contributed by atoms with van der Waals surface area (Å²) in [5.41, 5.74) is 1.88. The summed E-state index contributed by atoms with van der Waals surface area (Å²) in [6, 6.07) is 13.6. The fourth-order valence-electron chi connectivity index (χ4n) is 3.02. The molecule has 0 saturated carbocycles. The lowest BCUT2D eigenvalue weighted by Crippen LogP contribution is -2.40. The van der Waals surface area contributed by atoms with Gasteiger partial charge in [-0.25, -0.2) is 17.7 Å². The van der Waals surface area contributed by atoms with Crippen LogP contribution in [-0.4, -0.2) is 43.0 Å². The third-order valence-corrected chi connectivity index (χ3v) is 6.83. The van der Waals surface area contributed by atoms with Crippen LogP contribution in [0.3, 0.4) is 0 Å². The van der Waals surface area contributed by atoms with Gasteiger partial charge in [-0.15, -0.1) is 11.8 Å². The van der Waals surface area contributed by atoms with Gasteiger partial charge in [0.15, 0.2) is 0 Å². The number of amides is 1. The molecule has 1 aliphatic rings. The van der Waals surface area contributed by atoms with Crippen LogP contribution in [0.4, 0.5) is 5.69 Å². The van der Waals surface area contributed by atoms with Crippen molar-refractivity contribution in [2.75, 3.05) is 24.7 Å². The van der Waals surface area contributed by atoms with E-state index in [1.54, 1.807) is 18.0 Å². The van der Waals surface area contributed by atoms with Crippen LogP contribution in [0.5, 0.6) is 0 Å². The molecule has 0 bridgehead atoms. The zero-order valence-electron chi connectivity index (χ0n) is 15.2. The number of carbonyl (C=O) groups excluding carboxylic acids is 1. The van der Waals surface area contributed by atoms with Gasteiger partial charge in [-0.05, 0) is 42.7 Å². The number of benzene rings is 1. The Labute approximate surface area is 164 Å². The number of aromatic nitrogens is 1. The normalized spacial score (nSPS) is 16.2. The maximum Gasteiger partial charge on any atom is 0.227 e. The van der Waals surface area contributed by atoms with E-state index >= 15 is 0 Å². The third-order valence-electron chi connectivity index (χ3n) is 4.51. The molecule has 27 heavy (non-hydrogen) atoms. The molecule has 1 amide bonds. The SMILES string of the molecule is CS(=O)(=O)N1CCC(C(=O)Nc2cccc(CSc3ccccn3)c2)CC1. The Hall–Kier alpha value is -1.90. The number of anilines is 1. The summed E-state index contributed by atoms with van der Waals surface area (Å²) >= 11 is 1.65. The van der Waals surface area contributed by atoms with Gasteiger partial charge in [-0.1, -0.05) is 18.2 Å². The van der Waals surface area contributed by atoms with Crippen molar-refractivity contribution in [2.24, 2.45) is 5.92 Å². The van der Waals surface area contributed by atoms with E-state index in [9.17, 15) is 13.2 Å². The molecule has 1 fully saturated rings. The summed E-state index contributed by atoms with van der Waals surface area (Å²) in [5.74, 6) is 0.570. The fraction of sp³-hybridized carbons (Fsp3) is 0.368. The van der Waals surface area contributed by atoms with Gasteiger partial charge in [0, 0.05) is 36.6 Å². The molecule has 0 unspecified atom stereocenters. The average molecular weight is 406 g/mol. The van der Waals surface area contributed by atoms with E-state index in [-0.39, 0.29) is 11.8 Å². The van der Waals surface area contributed by atoms with Crippen molar-refractivity contribution in [2.45, 2.75) is 23.6 Å². The maximum absolute atomic E-state index is 12.5. The highest BCUT2D eigenvalue weighted by Crippen LogP contribution is 2.24. The van der Waals surface area contributed by atoms with Gasteiger partial charge in [0.05, 0.1) is 11.3 Å². The Morgan fingerprint density at radius 3 is 2.67 bits per heavy atom. The zero-order valence-corrected chi connectivity index (χ0v) is 16.8. The minimum absolute atomic E-state index is 0.0438. The van der Waals surface area contributed by atoms with Crippen molar-refractivity contribution in [3.8, 4) is 0 Å². The first-order chi connectivity index (χ1) is 12.9. The summed E-state index contributed by atoms with van der Waals surface area (Å²) in [6.45, 7) is 0.801. The Bertz CT molecular complexity index is 880. The second-order valence-electron chi connectivity index (χ2n) is 6.58. The van der Waals surface area contributed by atoms with Crippen LogP contribution >= 0.6 is 11.8 Å². The van der Waals surface area contributed by atoms with Gasteiger partial charge in [-0.2, -0.15) is 0 Å². The van der Waals surface area contributed by atoms with Gasteiger partial charge in [0.1, 0.15) is 0 Å². The van der Waals surface area contributed by atoms with E-state index in [0.717, 1.165) is 22.0 Å². The molecule has 1 saturated heterocycles. The van der Waals surface area contributed by atoms with E-state index in [2.05, 4.69) is 10.3 Å². The number of thioether (sulfide) groups is 1. The second kappa shape index (κ2) is 8.86. The minimum Gasteiger partial charge on any atom is -0.326 e. The van der Waals surface area contributed by atoms with Gasteiger partial charge in [0.2, 0.25) is 15.9 Å². The number of nitrogens with one attached hydrogen (secondary N) is 1. The fourth-order valence-corrected chi connectivity index (χ4v) is 4.70. The lowest BCUT2D eigenvalue weighted by Gasteiger charge is -2.29. The molecule has 0 atom stereocenters. The van der Waals surface area contributed by atoms with Crippen LogP contribution in [-0.2, 0) is 20.6 Å². The zero-order chi connectivity index (χ0) is 19.3. The first-order valence-electron chi connectivity index (χ1n) is 8.80. The number of nitrogens with zero attached hydrogens (tertiary/aromatic N) is 2. The van der Waals surface area contributed by atoms with Crippen molar-refractivity contribution in [1.82, 2.24) is 9.29 Å². The van der Waals surface area contributed by atoms with Gasteiger partial charge in [-0.3, -0.25) is 4.79 Å². The number of rotatable bonds is 6. The molecule has 0 spiro atoms. The Kier molecular flexibility index (Phi) is 6.51. The second-order valence-corrected chi connectivity index (χ2v) is 9.56. The lowest BCUT2D eigenvalue weighted by molar-refractivity contribution is -0.120. The van der Waals surface area contributed by atoms with Crippen molar-refractivity contribution in [1.29, 1.82) is 0 Å². The Balaban J connectivity index is 1.54. The van der Waals surface area contributed by atoms with Gasteiger partial charge < -0.3 is 5.32 Å². The number of piperidine rings is 1. The topological polar surface area (TPSA) is 79.4 Å². The van der Waals surface area contributed by atoms with E-state index in [1.165, 1.54) is 10.6 Å². The molecule has 1 aromatic heterocycles. The minimum atomic E-state index is -3.17. The van der Waals surface area contributed by atoms with Crippen LogP contribution in [0, 0.1) is 5.92 Å². The summed E-state index contributed by atoms with van der Waals surface area (Å²) in [6.07, 6.45) is 4.08. The molecule has 2 heterocycles. The Morgan fingerprint density at radius 2 is 2.00 bits per heavy atom. The highest BCUT2D eigenvalue weighted by Gasteiger charge is 2.28. The van der Waals surface area contributed by atoms with Crippen LogP contribution in [0.25, 0.3) is 0 Å². The molecule has 3 rings (SSSR count). The maximum atomic E-state index is 12.5. The molecule has 1 aliphatic heterocycles. The molecule has 6 nitrogen and oxygen atoms in total. The summed E-state index contributed by atoms with van der Waals surface area (Å²) < 4.78 is 24.6. The third kappa shape index (κ3) is 5.79. The largest absolute Gasteiger partial charge is 0.326 e. The lowest BCUT2D eigenvalue weighted by atomic mass is 9.97. The summed E-state index contributed by atoms with van der Waals surface area (Å²) in [5, 5.41) is 3.93. The van der Waals surface area contributed by atoms with Crippen LogP contribution in [0.15, 0.2) is 53.7 Å². The number of hydrogen-bond acceptors (Lipinski definition) is 5. The number of carbonyl (C=O) groups is 1. The standard InChI is InChI=1S/C19H23N3O3S2/c1-27(24,25)22-11-8-16(9-12-22)19(23)21-17-6-4-5-15(13-17)14-26-18-7-2-3-10-20-18/h2-7,10,13,16H,8-9,11-12,14H2,1H3,(H,21,23). The quantitative estimate of drug-likeness (QED) is 0.748. The van der Waals surface area contributed by atoms with E-state index in [0.29, 0.717) is 25.9 Å². The van der Waals surface area contributed by atoms with Crippen LogP contribution in [0.1, 0.15) is 18.4 Å². The molecule has 0 radical (unpaired) electrons. The highest BCUT2D eigenvalue weighted by atomic mass is 32.2. The first kappa shape index (κ1) is 19.9. The first-order valence-corrected chi connectivity index (χ1v) is 11.6. The van der Waals surface area contributed by atoms with E-state index in [4.69, 9.17) is 0 Å². The average Bonchev–Trinajstić information content (AvgIpc) is 2.67. The molecule has 8 heteroatoms. The van der Waals surface area contributed by atoms with Crippen molar-refractivity contribution < 1.29 is 13.2 Å². The molecule has 0 aliphatic carbocycles. The predicted octanol–water partition coefficient (Wildman–Crippen LogP) is 2.98. The predicted molar refractivity (Wildman–Crippen MR) is 108 cm³/mol. The van der Waals surface area contributed by atoms with E-state index < -0.39 is 10.0 Å². The molecular formula is C19H23N3O3S2. The highest BCUT2D eigenvalue weighted by molar-refractivity contribution is 7.98.